The lowest BCUT2D eigenvalue weighted by molar-refractivity contribution is 0.139. The molecule has 0 saturated carbocycles. The van der Waals surface area contributed by atoms with Crippen LogP contribution in [0.25, 0.3) is 0 Å². The molecule has 5 nitrogen and oxygen atoms in total. The van der Waals surface area contributed by atoms with Gasteiger partial charge in [-0.05, 0) is 33.9 Å². The van der Waals surface area contributed by atoms with Crippen LogP contribution in [-0.2, 0) is 10.8 Å². The number of likely N-dealkylation sites (tertiary alicyclic amines) is 1. The van der Waals surface area contributed by atoms with Gasteiger partial charge in [0.05, 0.1) is 0 Å². The summed E-state index contributed by atoms with van der Waals surface area (Å²) in [5.41, 5.74) is 0. The monoisotopic (exact) mass is 275 g/mol. The highest BCUT2D eigenvalue weighted by Gasteiger charge is 2.25. The predicted molar refractivity (Wildman–Crippen MR) is 75.2 cm³/mol. The number of carbonyl (C=O) groups excluding carboxylic acids is 1. The van der Waals surface area contributed by atoms with Gasteiger partial charge in [-0.3, -0.25) is 4.21 Å². The molecule has 106 valence electrons. The third kappa shape index (κ3) is 4.94. The van der Waals surface area contributed by atoms with Crippen molar-refractivity contribution in [1.82, 2.24) is 15.1 Å². The van der Waals surface area contributed by atoms with E-state index in [4.69, 9.17) is 0 Å². The first kappa shape index (κ1) is 15.4. The third-order valence-electron chi connectivity index (χ3n) is 3.27. The standard InChI is InChI=1S/C12H25N3O2S/c1-10(9-18(4)17)13-12(16)15-7-5-6-11(8-15)14(2)3/h10-11H,5-9H2,1-4H3,(H,13,16). The summed E-state index contributed by atoms with van der Waals surface area (Å²) in [6.07, 6.45) is 3.85. The van der Waals surface area contributed by atoms with Gasteiger partial charge in [-0.25, -0.2) is 4.79 Å². The number of piperidine rings is 1. The predicted octanol–water partition coefficient (Wildman–Crippen LogP) is 0.489. The van der Waals surface area contributed by atoms with Crippen molar-refractivity contribution in [2.45, 2.75) is 31.8 Å². The van der Waals surface area contributed by atoms with Gasteiger partial charge in [-0.1, -0.05) is 0 Å². The summed E-state index contributed by atoms with van der Waals surface area (Å²) >= 11 is 0. The third-order valence-corrected chi connectivity index (χ3v) is 4.24. The highest BCUT2D eigenvalue weighted by molar-refractivity contribution is 7.84. The van der Waals surface area contributed by atoms with Crippen molar-refractivity contribution in [2.24, 2.45) is 0 Å². The van der Waals surface area contributed by atoms with Gasteiger partial charge in [0, 0.05) is 48.0 Å². The normalized spacial score (nSPS) is 23.8. The van der Waals surface area contributed by atoms with Crippen molar-refractivity contribution < 1.29 is 9.00 Å². The number of nitrogens with one attached hydrogen (secondary N) is 1. The molecule has 3 unspecified atom stereocenters. The van der Waals surface area contributed by atoms with Gasteiger partial charge in [-0.15, -0.1) is 0 Å². The zero-order chi connectivity index (χ0) is 13.7. The molecule has 0 aliphatic carbocycles. The molecule has 0 aromatic rings. The first-order valence-electron chi connectivity index (χ1n) is 6.42. The van der Waals surface area contributed by atoms with Crippen molar-refractivity contribution in [3.63, 3.8) is 0 Å². The summed E-state index contributed by atoms with van der Waals surface area (Å²) in [5, 5.41) is 2.92. The van der Waals surface area contributed by atoms with Gasteiger partial charge in [0.15, 0.2) is 0 Å². The Hall–Kier alpha value is -0.620. The number of urea groups is 1. The van der Waals surface area contributed by atoms with Crippen LogP contribution in [0.4, 0.5) is 4.79 Å². The Morgan fingerprint density at radius 1 is 1.56 bits per heavy atom. The molecule has 0 aromatic carbocycles. The van der Waals surface area contributed by atoms with Gasteiger partial charge in [-0.2, -0.15) is 0 Å². The molecule has 3 atom stereocenters. The van der Waals surface area contributed by atoms with Crippen molar-refractivity contribution in [3.05, 3.63) is 0 Å². The van der Waals surface area contributed by atoms with E-state index in [2.05, 4.69) is 24.3 Å². The first-order chi connectivity index (χ1) is 8.40. The molecule has 1 saturated heterocycles. The second-order valence-corrected chi connectivity index (χ2v) is 6.78. The summed E-state index contributed by atoms with van der Waals surface area (Å²) in [5.74, 6) is 0.511. The maximum absolute atomic E-state index is 12.1. The first-order valence-corrected chi connectivity index (χ1v) is 8.14. The number of amides is 2. The number of hydrogen-bond donors (Lipinski definition) is 1. The summed E-state index contributed by atoms with van der Waals surface area (Å²) in [6.45, 7) is 3.49. The maximum atomic E-state index is 12.1. The summed E-state index contributed by atoms with van der Waals surface area (Å²) in [6, 6.07) is 0.377. The second kappa shape index (κ2) is 7.09. The van der Waals surface area contributed by atoms with Crippen LogP contribution < -0.4 is 5.32 Å². The van der Waals surface area contributed by atoms with Crippen molar-refractivity contribution in [2.75, 3.05) is 39.2 Å². The van der Waals surface area contributed by atoms with Crippen LogP contribution in [0, 0.1) is 0 Å². The number of likely N-dealkylation sites (N-methyl/N-ethyl adjacent to an activating group) is 1. The van der Waals surface area contributed by atoms with E-state index in [1.54, 1.807) is 6.26 Å². The van der Waals surface area contributed by atoms with Gasteiger partial charge in [0.25, 0.3) is 0 Å². The zero-order valence-electron chi connectivity index (χ0n) is 11.8. The lowest BCUT2D eigenvalue weighted by atomic mass is 10.1. The SMILES string of the molecule is CC(CS(C)=O)NC(=O)N1CCCC(N(C)C)C1. The van der Waals surface area contributed by atoms with E-state index >= 15 is 0 Å². The molecule has 0 spiro atoms. The van der Waals surface area contributed by atoms with E-state index in [-0.39, 0.29) is 12.1 Å². The quantitative estimate of drug-likeness (QED) is 0.812. The Balaban J connectivity index is 2.43. The highest BCUT2D eigenvalue weighted by atomic mass is 32.2. The summed E-state index contributed by atoms with van der Waals surface area (Å²) in [7, 11) is 3.23. The van der Waals surface area contributed by atoms with Crippen molar-refractivity contribution in [3.8, 4) is 0 Å². The van der Waals surface area contributed by atoms with E-state index in [1.807, 2.05) is 11.8 Å². The minimum Gasteiger partial charge on any atom is -0.335 e. The Bertz CT molecular complexity index is 310. The lowest BCUT2D eigenvalue weighted by Crippen LogP contribution is -2.52. The maximum Gasteiger partial charge on any atom is 0.317 e. The number of carbonyl (C=O) groups is 1. The van der Waals surface area contributed by atoms with Crippen LogP contribution >= 0.6 is 0 Å². The van der Waals surface area contributed by atoms with Gasteiger partial charge >= 0.3 is 6.03 Å². The fourth-order valence-electron chi connectivity index (χ4n) is 2.26. The molecule has 1 fully saturated rings. The van der Waals surface area contributed by atoms with Crippen LogP contribution in [0.15, 0.2) is 0 Å². The molecular weight excluding hydrogens is 250 g/mol. The van der Waals surface area contributed by atoms with Gasteiger partial charge in [0.2, 0.25) is 0 Å². The number of rotatable bonds is 4. The highest BCUT2D eigenvalue weighted by Crippen LogP contribution is 2.13. The zero-order valence-corrected chi connectivity index (χ0v) is 12.6. The molecule has 1 rings (SSSR count). The molecule has 0 bridgehead atoms. The molecule has 0 aromatic heterocycles. The smallest absolute Gasteiger partial charge is 0.317 e. The Morgan fingerprint density at radius 2 is 2.22 bits per heavy atom. The minimum atomic E-state index is -0.873. The molecule has 0 radical (unpaired) electrons. The van der Waals surface area contributed by atoms with Gasteiger partial charge < -0.3 is 15.1 Å². The number of nitrogens with zero attached hydrogens (tertiary/aromatic N) is 2. The molecule has 2 amide bonds. The minimum absolute atomic E-state index is 0.0282. The van der Waals surface area contributed by atoms with Gasteiger partial charge in [0.1, 0.15) is 0 Å². The van der Waals surface area contributed by atoms with Crippen LogP contribution in [0.1, 0.15) is 19.8 Å². The Labute approximate surface area is 112 Å². The average molecular weight is 275 g/mol. The van der Waals surface area contributed by atoms with Crippen molar-refractivity contribution in [1.29, 1.82) is 0 Å². The molecule has 6 heteroatoms. The van der Waals surface area contributed by atoms with E-state index in [1.165, 1.54) is 0 Å². The topological polar surface area (TPSA) is 52.7 Å². The molecule has 1 heterocycles. The van der Waals surface area contributed by atoms with E-state index in [0.717, 1.165) is 25.9 Å². The largest absolute Gasteiger partial charge is 0.335 e. The molecule has 1 N–H and O–H groups in total. The van der Waals surface area contributed by atoms with E-state index < -0.39 is 10.8 Å². The van der Waals surface area contributed by atoms with Crippen LogP contribution in [0.5, 0.6) is 0 Å². The fourth-order valence-corrected chi connectivity index (χ4v) is 3.04. The Kier molecular flexibility index (Phi) is 6.08. The summed E-state index contributed by atoms with van der Waals surface area (Å²) in [4.78, 5) is 16.1. The molecular formula is C12H25N3O2S. The number of hydrogen-bond acceptors (Lipinski definition) is 3. The van der Waals surface area contributed by atoms with Crippen molar-refractivity contribution >= 4 is 16.8 Å². The lowest BCUT2D eigenvalue weighted by Gasteiger charge is -2.36. The molecule has 1 aliphatic heterocycles. The van der Waals surface area contributed by atoms with Crippen LogP contribution in [0.2, 0.25) is 0 Å². The van der Waals surface area contributed by atoms with Crippen LogP contribution in [-0.4, -0.2) is 71.3 Å². The Morgan fingerprint density at radius 3 is 2.78 bits per heavy atom. The fraction of sp³-hybridized carbons (Fsp3) is 0.917. The summed E-state index contributed by atoms with van der Waals surface area (Å²) < 4.78 is 11.1. The molecule has 1 aliphatic rings. The molecule has 18 heavy (non-hydrogen) atoms. The average Bonchev–Trinajstić information content (AvgIpc) is 2.27. The second-order valence-electron chi connectivity index (χ2n) is 5.30. The van der Waals surface area contributed by atoms with Crippen LogP contribution in [0.3, 0.4) is 0 Å². The van der Waals surface area contributed by atoms with E-state index in [0.29, 0.717) is 11.8 Å². The van der Waals surface area contributed by atoms with E-state index in [9.17, 15) is 9.00 Å².